The van der Waals surface area contributed by atoms with Crippen LogP contribution >= 0.6 is 0 Å². The van der Waals surface area contributed by atoms with E-state index in [4.69, 9.17) is 5.73 Å². The highest BCUT2D eigenvalue weighted by molar-refractivity contribution is 5.97. The summed E-state index contributed by atoms with van der Waals surface area (Å²) in [7, 11) is 0. The largest absolute Gasteiger partial charge is 0.507 e. The Kier molecular flexibility index (Phi) is 3.87. The van der Waals surface area contributed by atoms with Gasteiger partial charge in [0.15, 0.2) is 0 Å². The molecule has 3 N–H and O–H groups in total. The van der Waals surface area contributed by atoms with Gasteiger partial charge in [0, 0.05) is 13.1 Å². The van der Waals surface area contributed by atoms with E-state index in [2.05, 4.69) is 0 Å². The molecule has 1 aliphatic rings. The maximum Gasteiger partial charge on any atom is 0.257 e. The minimum absolute atomic E-state index is 0.0647. The summed E-state index contributed by atoms with van der Waals surface area (Å²) in [4.78, 5) is 14.1. The molecule has 1 fully saturated rings. The van der Waals surface area contributed by atoms with Crippen molar-refractivity contribution in [3.8, 4) is 5.75 Å². The van der Waals surface area contributed by atoms with Gasteiger partial charge in [-0.15, -0.1) is 0 Å². The SMILES string of the molecule is Cc1ccc(C(=O)N2CCCC(CN)C2)c(O)c1. The van der Waals surface area contributed by atoms with Gasteiger partial charge in [-0.2, -0.15) is 0 Å². The first-order valence-electron chi connectivity index (χ1n) is 6.40. The van der Waals surface area contributed by atoms with Crippen molar-refractivity contribution in [1.82, 2.24) is 4.90 Å². The second-order valence-electron chi connectivity index (χ2n) is 5.02. The number of nitrogens with zero attached hydrogens (tertiary/aromatic N) is 1. The zero-order chi connectivity index (χ0) is 13.1. The summed E-state index contributed by atoms with van der Waals surface area (Å²) >= 11 is 0. The number of carbonyl (C=O) groups excluding carboxylic acids is 1. The Balaban J connectivity index is 2.15. The number of carbonyl (C=O) groups is 1. The highest BCUT2D eigenvalue weighted by Gasteiger charge is 2.25. The third-order valence-electron chi connectivity index (χ3n) is 3.52. The number of phenolic OH excluding ortho intramolecular Hbond substituents is 1. The molecule has 0 spiro atoms. The summed E-state index contributed by atoms with van der Waals surface area (Å²) in [5, 5.41) is 9.84. The number of hydrogen-bond acceptors (Lipinski definition) is 3. The van der Waals surface area contributed by atoms with Gasteiger partial charge < -0.3 is 15.7 Å². The molecule has 1 aromatic rings. The van der Waals surface area contributed by atoms with Crippen LogP contribution in [0.25, 0.3) is 0 Å². The second kappa shape index (κ2) is 5.40. The first-order valence-corrected chi connectivity index (χ1v) is 6.40. The predicted octanol–water partition coefficient (Wildman–Crippen LogP) is 1.51. The van der Waals surface area contributed by atoms with Gasteiger partial charge in [-0.05, 0) is 49.9 Å². The van der Waals surface area contributed by atoms with Crippen LogP contribution in [0.15, 0.2) is 18.2 Å². The lowest BCUT2D eigenvalue weighted by molar-refractivity contribution is 0.0675. The fraction of sp³-hybridized carbons (Fsp3) is 0.500. The second-order valence-corrected chi connectivity index (χ2v) is 5.02. The molecule has 1 heterocycles. The van der Waals surface area contributed by atoms with Crippen molar-refractivity contribution in [3.05, 3.63) is 29.3 Å². The molecule has 0 bridgehead atoms. The summed E-state index contributed by atoms with van der Waals surface area (Å²) in [6.07, 6.45) is 2.07. The molecule has 0 radical (unpaired) electrons. The normalized spacial score (nSPS) is 19.9. The lowest BCUT2D eigenvalue weighted by Crippen LogP contribution is -2.42. The lowest BCUT2D eigenvalue weighted by atomic mass is 9.97. The first-order chi connectivity index (χ1) is 8.61. The maximum absolute atomic E-state index is 12.3. The molecular weight excluding hydrogens is 228 g/mol. The molecular formula is C14H20N2O2. The highest BCUT2D eigenvalue weighted by Crippen LogP contribution is 2.23. The molecule has 1 aliphatic heterocycles. The monoisotopic (exact) mass is 248 g/mol. The zero-order valence-corrected chi connectivity index (χ0v) is 10.7. The Morgan fingerprint density at radius 3 is 3.00 bits per heavy atom. The predicted molar refractivity (Wildman–Crippen MR) is 70.5 cm³/mol. The molecule has 18 heavy (non-hydrogen) atoms. The van der Waals surface area contributed by atoms with E-state index in [1.807, 2.05) is 13.0 Å². The van der Waals surface area contributed by atoms with Gasteiger partial charge in [0.2, 0.25) is 0 Å². The molecule has 98 valence electrons. The number of phenols is 1. The van der Waals surface area contributed by atoms with E-state index in [1.54, 1.807) is 17.0 Å². The van der Waals surface area contributed by atoms with Crippen molar-refractivity contribution in [2.24, 2.45) is 11.7 Å². The highest BCUT2D eigenvalue weighted by atomic mass is 16.3. The van der Waals surface area contributed by atoms with Crippen molar-refractivity contribution in [3.63, 3.8) is 0 Å². The third kappa shape index (κ3) is 2.64. The van der Waals surface area contributed by atoms with Crippen LogP contribution in [0.1, 0.15) is 28.8 Å². The summed E-state index contributed by atoms with van der Waals surface area (Å²) in [5.74, 6) is 0.357. The van der Waals surface area contributed by atoms with Crippen LogP contribution in [0.2, 0.25) is 0 Å². The molecule has 1 atom stereocenters. The third-order valence-corrected chi connectivity index (χ3v) is 3.52. The smallest absolute Gasteiger partial charge is 0.257 e. The number of nitrogens with two attached hydrogens (primary N) is 1. The van der Waals surface area contributed by atoms with Gasteiger partial charge in [0.05, 0.1) is 5.56 Å². The molecule has 1 amide bonds. The quantitative estimate of drug-likeness (QED) is 0.833. The van der Waals surface area contributed by atoms with E-state index in [-0.39, 0.29) is 11.7 Å². The number of hydrogen-bond donors (Lipinski definition) is 2. The van der Waals surface area contributed by atoms with Crippen molar-refractivity contribution < 1.29 is 9.90 Å². The first kappa shape index (κ1) is 12.9. The van der Waals surface area contributed by atoms with Gasteiger partial charge in [0.1, 0.15) is 5.75 Å². The van der Waals surface area contributed by atoms with E-state index in [0.29, 0.717) is 24.6 Å². The summed E-state index contributed by atoms with van der Waals surface area (Å²) in [6.45, 7) is 3.95. The fourth-order valence-electron chi connectivity index (χ4n) is 2.43. The minimum atomic E-state index is -0.0920. The van der Waals surface area contributed by atoms with Crippen molar-refractivity contribution >= 4 is 5.91 Å². The molecule has 4 nitrogen and oxygen atoms in total. The van der Waals surface area contributed by atoms with Gasteiger partial charge >= 0.3 is 0 Å². The number of amides is 1. The van der Waals surface area contributed by atoms with E-state index < -0.39 is 0 Å². The van der Waals surface area contributed by atoms with Crippen LogP contribution in [0.5, 0.6) is 5.75 Å². The van der Waals surface area contributed by atoms with Crippen LogP contribution in [-0.4, -0.2) is 35.5 Å². The number of aromatic hydroxyl groups is 1. The Morgan fingerprint density at radius 2 is 2.33 bits per heavy atom. The number of likely N-dealkylation sites (tertiary alicyclic amines) is 1. The number of aryl methyl sites for hydroxylation is 1. The molecule has 1 saturated heterocycles. The number of benzene rings is 1. The van der Waals surface area contributed by atoms with Gasteiger partial charge in [-0.1, -0.05) is 6.07 Å². The van der Waals surface area contributed by atoms with Gasteiger partial charge in [0.25, 0.3) is 5.91 Å². The summed E-state index contributed by atoms with van der Waals surface area (Å²) < 4.78 is 0. The van der Waals surface area contributed by atoms with Crippen molar-refractivity contribution in [1.29, 1.82) is 0 Å². The Hall–Kier alpha value is -1.55. The van der Waals surface area contributed by atoms with Crippen LogP contribution in [0.3, 0.4) is 0 Å². The average Bonchev–Trinajstić information content (AvgIpc) is 2.38. The zero-order valence-electron chi connectivity index (χ0n) is 10.7. The molecule has 2 rings (SSSR count). The summed E-state index contributed by atoms with van der Waals surface area (Å²) in [5.41, 5.74) is 7.00. The lowest BCUT2D eigenvalue weighted by Gasteiger charge is -2.32. The summed E-state index contributed by atoms with van der Waals surface area (Å²) in [6, 6.07) is 5.16. The van der Waals surface area contributed by atoms with Crippen LogP contribution in [-0.2, 0) is 0 Å². The van der Waals surface area contributed by atoms with Gasteiger partial charge in [-0.3, -0.25) is 4.79 Å². The van der Waals surface area contributed by atoms with Crippen LogP contribution in [0.4, 0.5) is 0 Å². The van der Waals surface area contributed by atoms with E-state index in [0.717, 1.165) is 24.9 Å². The Bertz CT molecular complexity index is 445. The average molecular weight is 248 g/mol. The topological polar surface area (TPSA) is 66.6 Å². The molecule has 0 saturated carbocycles. The van der Waals surface area contributed by atoms with Crippen LogP contribution < -0.4 is 5.73 Å². The number of piperidine rings is 1. The maximum atomic E-state index is 12.3. The molecule has 0 aliphatic carbocycles. The van der Waals surface area contributed by atoms with Crippen molar-refractivity contribution in [2.45, 2.75) is 19.8 Å². The van der Waals surface area contributed by atoms with E-state index >= 15 is 0 Å². The van der Waals surface area contributed by atoms with Crippen LogP contribution in [0, 0.1) is 12.8 Å². The Morgan fingerprint density at radius 1 is 1.56 bits per heavy atom. The molecule has 1 aromatic carbocycles. The van der Waals surface area contributed by atoms with Gasteiger partial charge in [-0.25, -0.2) is 0 Å². The molecule has 0 aromatic heterocycles. The minimum Gasteiger partial charge on any atom is -0.507 e. The van der Waals surface area contributed by atoms with Crippen molar-refractivity contribution in [2.75, 3.05) is 19.6 Å². The Labute approximate surface area is 107 Å². The standard InChI is InChI=1S/C14H20N2O2/c1-10-4-5-12(13(17)7-10)14(18)16-6-2-3-11(8-15)9-16/h4-5,7,11,17H,2-3,6,8-9,15H2,1H3. The van der Waals surface area contributed by atoms with E-state index in [9.17, 15) is 9.90 Å². The fourth-order valence-corrected chi connectivity index (χ4v) is 2.43. The number of rotatable bonds is 2. The van der Waals surface area contributed by atoms with E-state index in [1.165, 1.54) is 0 Å². The molecule has 4 heteroatoms. The molecule has 1 unspecified atom stereocenters.